The van der Waals surface area contributed by atoms with E-state index in [1.165, 1.54) is 0 Å². The van der Waals surface area contributed by atoms with Crippen LogP contribution in [0, 0.1) is 6.92 Å². The fourth-order valence-electron chi connectivity index (χ4n) is 3.10. The summed E-state index contributed by atoms with van der Waals surface area (Å²) >= 11 is 0. The minimum absolute atomic E-state index is 0.0239. The van der Waals surface area contributed by atoms with Gasteiger partial charge >= 0.3 is 0 Å². The lowest BCUT2D eigenvalue weighted by Gasteiger charge is -2.10. The molecule has 0 aliphatic heterocycles. The molecule has 1 N–H and O–H groups in total. The van der Waals surface area contributed by atoms with E-state index >= 15 is 0 Å². The SMILES string of the molecule is C=C(C)Cn1c(CCCNC(=O)c2cccc(C)c2)nc2ccccc21. The van der Waals surface area contributed by atoms with Crippen LogP contribution in [0.15, 0.2) is 60.7 Å². The Bertz CT molecular complexity index is 939. The van der Waals surface area contributed by atoms with Crippen molar-refractivity contribution in [1.82, 2.24) is 14.9 Å². The molecule has 2 aromatic carbocycles. The summed E-state index contributed by atoms with van der Waals surface area (Å²) in [5.74, 6) is 1.02. The van der Waals surface area contributed by atoms with Crippen LogP contribution in [0.25, 0.3) is 11.0 Å². The van der Waals surface area contributed by atoms with E-state index in [-0.39, 0.29) is 5.91 Å². The highest BCUT2D eigenvalue weighted by Crippen LogP contribution is 2.18. The van der Waals surface area contributed by atoms with Crippen LogP contribution in [-0.2, 0) is 13.0 Å². The van der Waals surface area contributed by atoms with Crippen LogP contribution in [0.4, 0.5) is 0 Å². The zero-order chi connectivity index (χ0) is 18.5. The predicted molar refractivity (Wildman–Crippen MR) is 106 cm³/mol. The highest BCUT2D eigenvalue weighted by molar-refractivity contribution is 5.94. The smallest absolute Gasteiger partial charge is 0.251 e. The van der Waals surface area contributed by atoms with E-state index < -0.39 is 0 Å². The standard InChI is InChI=1S/C22H25N3O/c1-16(2)15-25-20-11-5-4-10-19(20)24-21(25)12-7-13-23-22(26)18-9-6-8-17(3)14-18/h4-6,8-11,14H,1,7,12-13,15H2,2-3H3,(H,23,26). The number of rotatable bonds is 7. The van der Waals surface area contributed by atoms with E-state index in [0.29, 0.717) is 12.1 Å². The van der Waals surface area contributed by atoms with Gasteiger partial charge in [-0.2, -0.15) is 0 Å². The number of nitrogens with one attached hydrogen (secondary N) is 1. The Morgan fingerprint density at radius 3 is 2.77 bits per heavy atom. The second-order valence-corrected chi connectivity index (χ2v) is 6.79. The van der Waals surface area contributed by atoms with Crippen LogP contribution in [0.1, 0.15) is 35.1 Å². The van der Waals surface area contributed by atoms with Gasteiger partial charge < -0.3 is 9.88 Å². The number of para-hydroxylation sites is 2. The number of amides is 1. The number of carbonyl (C=O) groups excluding carboxylic acids is 1. The topological polar surface area (TPSA) is 46.9 Å². The average Bonchev–Trinajstić information content (AvgIpc) is 2.95. The maximum absolute atomic E-state index is 12.2. The van der Waals surface area contributed by atoms with Gasteiger partial charge in [0.2, 0.25) is 0 Å². The van der Waals surface area contributed by atoms with Crippen molar-refractivity contribution in [3.8, 4) is 0 Å². The summed E-state index contributed by atoms with van der Waals surface area (Å²) in [6.07, 6.45) is 1.66. The van der Waals surface area contributed by atoms with Gasteiger partial charge in [0.15, 0.2) is 0 Å². The fourth-order valence-corrected chi connectivity index (χ4v) is 3.10. The van der Waals surface area contributed by atoms with Crippen LogP contribution in [0.3, 0.4) is 0 Å². The Morgan fingerprint density at radius 1 is 1.19 bits per heavy atom. The predicted octanol–water partition coefficient (Wildman–Crippen LogP) is 4.28. The summed E-state index contributed by atoms with van der Waals surface area (Å²) in [7, 11) is 0. The van der Waals surface area contributed by atoms with Gasteiger partial charge in [0, 0.05) is 25.1 Å². The number of fused-ring (bicyclic) bond motifs is 1. The minimum atomic E-state index is -0.0239. The van der Waals surface area contributed by atoms with Gasteiger partial charge in [-0.1, -0.05) is 42.0 Å². The highest BCUT2D eigenvalue weighted by atomic mass is 16.1. The molecule has 4 nitrogen and oxygen atoms in total. The normalized spacial score (nSPS) is 10.8. The Balaban J connectivity index is 1.63. The van der Waals surface area contributed by atoms with E-state index in [0.717, 1.165) is 47.4 Å². The van der Waals surface area contributed by atoms with Crippen LogP contribution in [-0.4, -0.2) is 22.0 Å². The summed E-state index contributed by atoms with van der Waals surface area (Å²) in [5.41, 5.74) is 5.04. The van der Waals surface area contributed by atoms with Gasteiger partial charge in [-0.25, -0.2) is 4.98 Å². The van der Waals surface area contributed by atoms with Gasteiger partial charge in [0.05, 0.1) is 11.0 Å². The molecule has 4 heteroatoms. The Morgan fingerprint density at radius 2 is 2.00 bits per heavy atom. The molecule has 0 radical (unpaired) electrons. The third kappa shape index (κ3) is 4.20. The molecule has 0 spiro atoms. The largest absolute Gasteiger partial charge is 0.352 e. The Hall–Kier alpha value is -2.88. The lowest BCUT2D eigenvalue weighted by atomic mass is 10.1. The van der Waals surface area contributed by atoms with Crippen LogP contribution in [0.5, 0.6) is 0 Å². The average molecular weight is 347 g/mol. The van der Waals surface area contributed by atoms with Crippen molar-refractivity contribution < 1.29 is 4.79 Å². The zero-order valence-corrected chi connectivity index (χ0v) is 15.5. The first-order valence-corrected chi connectivity index (χ1v) is 8.98. The third-order valence-electron chi connectivity index (χ3n) is 4.30. The molecule has 0 bridgehead atoms. The van der Waals surface area contributed by atoms with Gasteiger partial charge in [-0.3, -0.25) is 4.79 Å². The Kier molecular flexibility index (Phi) is 5.52. The maximum atomic E-state index is 12.2. The molecule has 0 saturated heterocycles. The molecule has 0 atom stereocenters. The molecule has 0 unspecified atom stereocenters. The summed E-state index contributed by atoms with van der Waals surface area (Å²) in [6, 6.07) is 15.8. The fraction of sp³-hybridized carbons (Fsp3) is 0.273. The number of hydrogen-bond donors (Lipinski definition) is 1. The Labute approximate surface area is 154 Å². The molecule has 26 heavy (non-hydrogen) atoms. The second-order valence-electron chi connectivity index (χ2n) is 6.79. The molecule has 1 aromatic heterocycles. The molecule has 1 amide bonds. The van der Waals surface area contributed by atoms with Crippen molar-refractivity contribution >= 4 is 16.9 Å². The number of aromatic nitrogens is 2. The van der Waals surface area contributed by atoms with Crippen LogP contribution < -0.4 is 5.32 Å². The quantitative estimate of drug-likeness (QED) is 0.512. The molecule has 0 aliphatic carbocycles. The van der Waals surface area contributed by atoms with E-state index in [9.17, 15) is 4.79 Å². The molecule has 0 aliphatic rings. The molecular weight excluding hydrogens is 322 g/mol. The monoisotopic (exact) mass is 347 g/mol. The second kappa shape index (κ2) is 8.00. The number of carbonyl (C=O) groups is 1. The van der Waals surface area contributed by atoms with Crippen molar-refractivity contribution in [3.63, 3.8) is 0 Å². The third-order valence-corrected chi connectivity index (χ3v) is 4.30. The molecule has 1 heterocycles. The van der Waals surface area contributed by atoms with Gasteiger partial charge in [-0.15, -0.1) is 0 Å². The van der Waals surface area contributed by atoms with Gasteiger partial charge in [0.25, 0.3) is 5.91 Å². The van der Waals surface area contributed by atoms with E-state index in [1.807, 2.05) is 56.3 Å². The number of nitrogens with zero attached hydrogens (tertiary/aromatic N) is 2. The van der Waals surface area contributed by atoms with Gasteiger partial charge in [0.1, 0.15) is 5.82 Å². The lowest BCUT2D eigenvalue weighted by molar-refractivity contribution is 0.0953. The van der Waals surface area contributed by atoms with Crippen molar-refractivity contribution in [3.05, 3.63) is 77.6 Å². The van der Waals surface area contributed by atoms with E-state index in [2.05, 4.69) is 22.5 Å². The number of aryl methyl sites for hydroxylation is 2. The van der Waals surface area contributed by atoms with E-state index in [1.54, 1.807) is 0 Å². The first-order chi connectivity index (χ1) is 12.5. The van der Waals surface area contributed by atoms with Crippen molar-refractivity contribution in [2.45, 2.75) is 33.2 Å². The molecule has 134 valence electrons. The van der Waals surface area contributed by atoms with Gasteiger partial charge in [-0.05, 0) is 44.5 Å². The van der Waals surface area contributed by atoms with Crippen molar-refractivity contribution in [1.29, 1.82) is 0 Å². The first-order valence-electron chi connectivity index (χ1n) is 8.98. The minimum Gasteiger partial charge on any atom is -0.352 e. The molecule has 3 rings (SSSR count). The van der Waals surface area contributed by atoms with Crippen molar-refractivity contribution in [2.75, 3.05) is 6.54 Å². The summed E-state index contributed by atoms with van der Waals surface area (Å²) in [5, 5.41) is 3.00. The number of benzene rings is 2. The van der Waals surface area contributed by atoms with Crippen molar-refractivity contribution in [2.24, 2.45) is 0 Å². The molecule has 0 fully saturated rings. The molecular formula is C22H25N3O. The molecule has 0 saturated carbocycles. The van der Waals surface area contributed by atoms with E-state index in [4.69, 9.17) is 4.98 Å². The van der Waals surface area contributed by atoms with Crippen LogP contribution in [0.2, 0.25) is 0 Å². The first kappa shape index (κ1) is 17.9. The lowest BCUT2D eigenvalue weighted by Crippen LogP contribution is -2.25. The molecule has 3 aromatic rings. The zero-order valence-electron chi connectivity index (χ0n) is 15.5. The summed E-state index contributed by atoms with van der Waals surface area (Å²) < 4.78 is 2.22. The summed E-state index contributed by atoms with van der Waals surface area (Å²) in [4.78, 5) is 17.0. The summed E-state index contributed by atoms with van der Waals surface area (Å²) in [6.45, 7) is 9.45. The number of hydrogen-bond acceptors (Lipinski definition) is 2. The maximum Gasteiger partial charge on any atom is 0.251 e. The van der Waals surface area contributed by atoms with Crippen LogP contribution >= 0.6 is 0 Å². The number of allylic oxidation sites excluding steroid dienone is 1. The highest BCUT2D eigenvalue weighted by Gasteiger charge is 2.11. The number of imidazole rings is 1.